The highest BCUT2D eigenvalue weighted by Gasteiger charge is 2.39. The first kappa shape index (κ1) is 33.5. The van der Waals surface area contributed by atoms with Crippen LogP contribution in [0.15, 0.2) is 54.9 Å². The molecule has 0 fully saturated rings. The Hall–Kier alpha value is -4.35. The highest BCUT2D eigenvalue weighted by Crippen LogP contribution is 2.37. The first-order chi connectivity index (χ1) is 21.4. The molecule has 0 radical (unpaired) electrons. The van der Waals surface area contributed by atoms with Gasteiger partial charge in [0.2, 0.25) is 0 Å². The van der Waals surface area contributed by atoms with E-state index in [4.69, 9.17) is 5.41 Å². The van der Waals surface area contributed by atoms with E-state index in [2.05, 4.69) is 29.1 Å². The van der Waals surface area contributed by atoms with E-state index in [0.29, 0.717) is 43.1 Å². The summed E-state index contributed by atoms with van der Waals surface area (Å²) in [5.74, 6) is -1.78. The SMILES string of the molecule is CCCCC(c1ccc(C(F)(F)F)c(C(=O)N2Cc3nccnc3C2)c1)N(C(=N)NCCCC(C)C)C(=O)c1ccc(F)cc1. The van der Waals surface area contributed by atoms with Gasteiger partial charge in [0.25, 0.3) is 11.8 Å². The van der Waals surface area contributed by atoms with Crippen molar-refractivity contribution in [2.45, 2.75) is 78.2 Å². The number of rotatable bonds is 11. The van der Waals surface area contributed by atoms with E-state index in [1.54, 1.807) is 0 Å². The van der Waals surface area contributed by atoms with Gasteiger partial charge in [-0.05, 0) is 67.1 Å². The first-order valence-corrected chi connectivity index (χ1v) is 15.1. The number of halogens is 4. The van der Waals surface area contributed by atoms with Crippen molar-refractivity contribution in [2.75, 3.05) is 6.54 Å². The maximum atomic E-state index is 14.3. The van der Waals surface area contributed by atoms with Crippen LogP contribution in [0.1, 0.15) is 102 Å². The van der Waals surface area contributed by atoms with E-state index in [1.165, 1.54) is 46.5 Å². The van der Waals surface area contributed by atoms with Crippen molar-refractivity contribution in [3.05, 3.63) is 94.3 Å². The van der Waals surface area contributed by atoms with E-state index in [0.717, 1.165) is 31.0 Å². The molecule has 2 aromatic carbocycles. The standard InChI is InChI=1S/C33H38F4N6O2/c1-4-5-8-29(43(32(38)41-15-6-7-21(2)3)30(44)22-9-12-24(34)13-10-22)23-11-14-26(33(35,36)37)25(18-23)31(45)42-19-27-28(20-42)40-17-16-39-27/h9-14,16-18,21,29H,4-8,15,19-20H2,1-3H3,(H2,38,41). The molecule has 8 nitrogen and oxygen atoms in total. The van der Waals surface area contributed by atoms with Crippen molar-refractivity contribution >= 4 is 17.8 Å². The molecule has 2 N–H and O–H groups in total. The molecule has 2 heterocycles. The van der Waals surface area contributed by atoms with Crippen molar-refractivity contribution in [2.24, 2.45) is 5.92 Å². The van der Waals surface area contributed by atoms with Crippen LogP contribution in [0.25, 0.3) is 0 Å². The van der Waals surface area contributed by atoms with Crippen LogP contribution < -0.4 is 5.32 Å². The summed E-state index contributed by atoms with van der Waals surface area (Å²) >= 11 is 0. The lowest BCUT2D eigenvalue weighted by molar-refractivity contribution is -0.138. The molecule has 0 saturated carbocycles. The second kappa shape index (κ2) is 14.6. The molecule has 240 valence electrons. The number of guanidine groups is 1. The summed E-state index contributed by atoms with van der Waals surface area (Å²) in [6.07, 6.45) is 1.34. The summed E-state index contributed by atoms with van der Waals surface area (Å²) in [5.41, 5.74) is -0.226. The molecule has 0 spiro atoms. The van der Waals surface area contributed by atoms with Crippen molar-refractivity contribution < 1.29 is 27.2 Å². The zero-order valence-electron chi connectivity index (χ0n) is 25.6. The van der Waals surface area contributed by atoms with Gasteiger partial charge in [-0.15, -0.1) is 0 Å². The molecule has 1 aliphatic rings. The predicted molar refractivity (Wildman–Crippen MR) is 162 cm³/mol. The summed E-state index contributed by atoms with van der Waals surface area (Å²) in [5, 5.41) is 11.9. The van der Waals surface area contributed by atoms with Gasteiger partial charge in [0, 0.05) is 24.5 Å². The third-order valence-electron chi connectivity index (χ3n) is 7.74. The number of amides is 2. The second-order valence-electron chi connectivity index (χ2n) is 11.6. The van der Waals surface area contributed by atoms with E-state index < -0.39 is 41.0 Å². The normalized spacial score (nSPS) is 13.5. The maximum Gasteiger partial charge on any atom is 0.417 e. The van der Waals surface area contributed by atoms with E-state index in [-0.39, 0.29) is 30.2 Å². The van der Waals surface area contributed by atoms with Gasteiger partial charge in [-0.3, -0.25) is 29.9 Å². The molecular formula is C33H38F4N6O2. The molecule has 3 aromatic rings. The van der Waals surface area contributed by atoms with Crippen molar-refractivity contribution in [1.82, 2.24) is 25.1 Å². The largest absolute Gasteiger partial charge is 0.417 e. The molecular weight excluding hydrogens is 588 g/mol. The number of unbranched alkanes of at least 4 members (excludes halogenated alkanes) is 1. The van der Waals surface area contributed by atoms with Crippen LogP contribution in [0.3, 0.4) is 0 Å². The molecule has 4 rings (SSSR count). The van der Waals surface area contributed by atoms with Gasteiger partial charge in [0.05, 0.1) is 41.6 Å². The summed E-state index contributed by atoms with van der Waals surface area (Å²) in [6.45, 7) is 6.53. The van der Waals surface area contributed by atoms with Crippen LogP contribution in [-0.4, -0.2) is 44.1 Å². The summed E-state index contributed by atoms with van der Waals surface area (Å²) in [6, 6.07) is 7.31. The van der Waals surface area contributed by atoms with Crippen molar-refractivity contribution in [3.63, 3.8) is 0 Å². The van der Waals surface area contributed by atoms with Crippen molar-refractivity contribution in [3.8, 4) is 0 Å². The van der Waals surface area contributed by atoms with Gasteiger partial charge in [-0.2, -0.15) is 13.2 Å². The Labute approximate surface area is 260 Å². The number of fused-ring (bicyclic) bond motifs is 1. The lowest BCUT2D eigenvalue weighted by atomic mass is 9.94. The first-order valence-electron chi connectivity index (χ1n) is 15.1. The summed E-state index contributed by atoms with van der Waals surface area (Å²) in [4.78, 5) is 38.5. The number of aromatic nitrogens is 2. The summed E-state index contributed by atoms with van der Waals surface area (Å²) < 4.78 is 56.5. The fourth-order valence-electron chi connectivity index (χ4n) is 5.36. The average molecular weight is 627 g/mol. The molecule has 1 atom stereocenters. The smallest absolute Gasteiger partial charge is 0.356 e. The minimum absolute atomic E-state index is 0.0168. The van der Waals surface area contributed by atoms with Crippen LogP contribution in [0.2, 0.25) is 0 Å². The number of nitrogens with zero attached hydrogens (tertiary/aromatic N) is 4. The van der Waals surface area contributed by atoms with Crippen LogP contribution >= 0.6 is 0 Å². The number of alkyl halides is 3. The van der Waals surface area contributed by atoms with Gasteiger partial charge in [0.1, 0.15) is 5.82 Å². The van der Waals surface area contributed by atoms with Gasteiger partial charge < -0.3 is 10.2 Å². The van der Waals surface area contributed by atoms with E-state index in [9.17, 15) is 27.2 Å². The fraction of sp³-hybridized carbons (Fsp3) is 0.424. The number of carbonyl (C=O) groups is 2. The Bertz CT molecular complexity index is 1480. The van der Waals surface area contributed by atoms with Crippen LogP contribution in [0.4, 0.5) is 17.6 Å². The van der Waals surface area contributed by atoms with E-state index in [1.807, 2.05) is 6.92 Å². The number of hydrogen-bond acceptors (Lipinski definition) is 5. The molecule has 1 aromatic heterocycles. The molecule has 2 amide bonds. The second-order valence-corrected chi connectivity index (χ2v) is 11.6. The number of hydrogen-bond donors (Lipinski definition) is 2. The molecule has 0 saturated heterocycles. The lowest BCUT2D eigenvalue weighted by Gasteiger charge is -2.33. The fourth-order valence-corrected chi connectivity index (χ4v) is 5.36. The Morgan fingerprint density at radius 3 is 2.22 bits per heavy atom. The summed E-state index contributed by atoms with van der Waals surface area (Å²) in [7, 11) is 0. The third-order valence-corrected chi connectivity index (χ3v) is 7.74. The molecule has 45 heavy (non-hydrogen) atoms. The average Bonchev–Trinajstić information content (AvgIpc) is 3.44. The van der Waals surface area contributed by atoms with Crippen molar-refractivity contribution in [1.29, 1.82) is 5.41 Å². The number of nitrogens with one attached hydrogen (secondary N) is 2. The maximum absolute atomic E-state index is 14.3. The van der Waals surface area contributed by atoms with Crippen LogP contribution in [0.5, 0.6) is 0 Å². The third kappa shape index (κ3) is 8.23. The van der Waals surface area contributed by atoms with Gasteiger partial charge >= 0.3 is 6.18 Å². The quantitative estimate of drug-likeness (QED) is 0.102. The number of carbonyl (C=O) groups excluding carboxylic acids is 2. The Kier molecular flexibility index (Phi) is 10.9. The van der Waals surface area contributed by atoms with Gasteiger partial charge in [-0.25, -0.2) is 4.39 Å². The Morgan fingerprint density at radius 2 is 1.64 bits per heavy atom. The van der Waals surface area contributed by atoms with Gasteiger partial charge in [-0.1, -0.05) is 39.7 Å². The predicted octanol–water partition coefficient (Wildman–Crippen LogP) is 7.12. The molecule has 1 aliphatic heterocycles. The van der Waals surface area contributed by atoms with E-state index >= 15 is 0 Å². The monoisotopic (exact) mass is 626 g/mol. The number of benzene rings is 2. The molecule has 12 heteroatoms. The minimum Gasteiger partial charge on any atom is -0.356 e. The van der Waals surface area contributed by atoms with Crippen LogP contribution in [0, 0.1) is 17.1 Å². The van der Waals surface area contributed by atoms with Crippen LogP contribution in [-0.2, 0) is 19.3 Å². The van der Waals surface area contributed by atoms with Gasteiger partial charge in [0.15, 0.2) is 5.96 Å². The topological polar surface area (TPSA) is 102 Å². The zero-order chi connectivity index (χ0) is 32.7. The Balaban J connectivity index is 1.76. The molecule has 0 aliphatic carbocycles. The zero-order valence-corrected chi connectivity index (χ0v) is 25.6. The molecule has 0 bridgehead atoms. The highest BCUT2D eigenvalue weighted by atomic mass is 19.4. The highest BCUT2D eigenvalue weighted by molar-refractivity contribution is 6.05. The minimum atomic E-state index is -4.82. The Morgan fingerprint density at radius 1 is 1.00 bits per heavy atom. The molecule has 1 unspecified atom stereocenters. The lowest BCUT2D eigenvalue weighted by Crippen LogP contribution is -2.47.